The molecule has 0 saturated heterocycles. The fraction of sp³-hybridized carbons (Fsp3) is 0.0741. The van der Waals surface area contributed by atoms with Crippen molar-refractivity contribution in [3.8, 4) is 5.75 Å². The molecule has 0 aromatic heterocycles. The third kappa shape index (κ3) is 5.38. The Morgan fingerprint density at radius 1 is 0.735 bits per heavy atom. The maximum atomic E-state index is 14.3. The van der Waals surface area contributed by atoms with Gasteiger partial charge in [-0.2, -0.15) is 4.39 Å². The first-order valence-electron chi connectivity index (χ1n) is 10.5. The first kappa shape index (κ1) is 22.9. The molecule has 0 saturated carbocycles. The summed E-state index contributed by atoms with van der Waals surface area (Å²) in [5, 5.41) is 0. The van der Waals surface area contributed by atoms with E-state index in [4.69, 9.17) is 9.57 Å². The Morgan fingerprint density at radius 3 is 2.06 bits per heavy atom. The fourth-order valence-corrected chi connectivity index (χ4v) is 3.34. The molecular weight excluding hydrogens is 443 g/mol. The molecule has 0 amide bonds. The van der Waals surface area contributed by atoms with Gasteiger partial charge in [0.2, 0.25) is 11.6 Å². The summed E-state index contributed by atoms with van der Waals surface area (Å²) in [4.78, 5) is 17.7. The first-order valence-corrected chi connectivity index (χ1v) is 10.5. The Bertz CT molecular complexity index is 1280. The van der Waals surface area contributed by atoms with E-state index in [9.17, 15) is 18.0 Å². The number of hydrogen-bond donors (Lipinski definition) is 1. The van der Waals surface area contributed by atoms with Crippen LogP contribution in [0.3, 0.4) is 0 Å². The van der Waals surface area contributed by atoms with Gasteiger partial charge in [0.1, 0.15) is 12.3 Å². The Labute approximate surface area is 194 Å². The third-order valence-corrected chi connectivity index (χ3v) is 5.08. The first-order chi connectivity index (χ1) is 16.5. The molecule has 1 N–H and O–H groups in total. The zero-order valence-electron chi connectivity index (χ0n) is 17.9. The second-order valence-electron chi connectivity index (χ2n) is 7.45. The minimum atomic E-state index is -1.74. The van der Waals surface area contributed by atoms with Gasteiger partial charge in [0, 0.05) is 6.07 Å². The molecule has 0 fully saturated rings. The Morgan fingerprint density at radius 2 is 1.35 bits per heavy atom. The predicted octanol–water partition coefficient (Wildman–Crippen LogP) is 6.46. The molecule has 0 unspecified atom stereocenters. The summed E-state index contributed by atoms with van der Waals surface area (Å²) in [6.07, 6.45) is 0.475. The van der Waals surface area contributed by atoms with E-state index in [0.717, 1.165) is 11.6 Å². The molecule has 4 aromatic rings. The molecule has 0 aliphatic rings. The van der Waals surface area contributed by atoms with Gasteiger partial charge in [0.15, 0.2) is 11.6 Å². The number of nitrogens with one attached hydrogen (secondary N) is 1. The van der Waals surface area contributed by atoms with Gasteiger partial charge in [-0.1, -0.05) is 78.9 Å². The van der Waals surface area contributed by atoms with Crippen LogP contribution in [0, 0.1) is 17.5 Å². The predicted molar refractivity (Wildman–Crippen MR) is 122 cm³/mol. The van der Waals surface area contributed by atoms with Crippen molar-refractivity contribution in [3.05, 3.63) is 131 Å². The van der Waals surface area contributed by atoms with Crippen LogP contribution in [0.15, 0.2) is 91.0 Å². The van der Waals surface area contributed by atoms with Crippen LogP contribution in [0.25, 0.3) is 0 Å². The summed E-state index contributed by atoms with van der Waals surface area (Å²) in [6.45, 7) is -0.0606. The van der Waals surface area contributed by atoms with Gasteiger partial charge in [-0.25, -0.2) is 19.1 Å². The maximum absolute atomic E-state index is 14.3. The lowest BCUT2D eigenvalue weighted by Crippen LogP contribution is -2.15. The van der Waals surface area contributed by atoms with Crippen LogP contribution in [0.5, 0.6) is 5.75 Å². The van der Waals surface area contributed by atoms with Crippen molar-refractivity contribution in [2.45, 2.75) is 13.0 Å². The standard InChI is InChI=1S/C27H20F3NO3/c28-24-22(16-23(25(29)26(24)30)33-17-19-11-5-2-6-12-19)31-34-27(32)21-14-8-7-13-20(21)15-18-9-3-1-4-10-18/h1-14,16,31H,15,17H2. The third-order valence-electron chi connectivity index (χ3n) is 5.08. The van der Waals surface area contributed by atoms with Gasteiger partial charge in [-0.15, -0.1) is 0 Å². The smallest absolute Gasteiger partial charge is 0.363 e. The van der Waals surface area contributed by atoms with E-state index in [1.54, 1.807) is 54.6 Å². The average molecular weight is 463 g/mol. The van der Waals surface area contributed by atoms with Crippen LogP contribution < -0.4 is 10.2 Å². The summed E-state index contributed by atoms with van der Waals surface area (Å²) < 4.78 is 47.9. The Hall–Kier alpha value is -4.26. The maximum Gasteiger partial charge on any atom is 0.363 e. The number of rotatable bonds is 8. The summed E-state index contributed by atoms with van der Waals surface area (Å²) in [7, 11) is 0. The van der Waals surface area contributed by atoms with E-state index in [0.29, 0.717) is 17.5 Å². The normalized spacial score (nSPS) is 10.6. The van der Waals surface area contributed by atoms with Crippen molar-refractivity contribution in [1.82, 2.24) is 0 Å². The highest BCUT2D eigenvalue weighted by Crippen LogP contribution is 2.30. The molecule has 4 aromatic carbocycles. The molecular formula is C27H20F3NO3. The lowest BCUT2D eigenvalue weighted by atomic mass is 10.00. The average Bonchev–Trinajstić information content (AvgIpc) is 2.87. The van der Waals surface area contributed by atoms with Gasteiger partial charge in [0.05, 0.1) is 5.56 Å². The largest absolute Gasteiger partial charge is 0.486 e. The number of halogens is 3. The topological polar surface area (TPSA) is 47.6 Å². The number of carbonyl (C=O) groups is 1. The molecule has 7 heteroatoms. The van der Waals surface area contributed by atoms with Crippen molar-refractivity contribution in [3.63, 3.8) is 0 Å². The number of ether oxygens (including phenoxy) is 1. The Balaban J connectivity index is 1.49. The SMILES string of the molecule is O=C(ONc1cc(OCc2ccccc2)c(F)c(F)c1F)c1ccccc1Cc1ccccc1. The van der Waals surface area contributed by atoms with Crippen LogP contribution in [0.4, 0.5) is 18.9 Å². The minimum absolute atomic E-state index is 0.0606. The second kappa shape index (κ2) is 10.6. The molecule has 0 heterocycles. The molecule has 4 nitrogen and oxygen atoms in total. The van der Waals surface area contributed by atoms with E-state index < -0.39 is 34.9 Å². The summed E-state index contributed by atoms with van der Waals surface area (Å²) >= 11 is 0. The van der Waals surface area contributed by atoms with Crippen LogP contribution in [-0.2, 0) is 17.9 Å². The fourth-order valence-electron chi connectivity index (χ4n) is 3.34. The highest BCUT2D eigenvalue weighted by molar-refractivity contribution is 5.91. The molecule has 34 heavy (non-hydrogen) atoms. The monoisotopic (exact) mass is 463 g/mol. The van der Waals surface area contributed by atoms with Gasteiger partial charge in [-0.3, -0.25) is 0 Å². The molecule has 0 atom stereocenters. The molecule has 172 valence electrons. The van der Waals surface area contributed by atoms with E-state index >= 15 is 0 Å². The van der Waals surface area contributed by atoms with E-state index in [1.807, 2.05) is 30.3 Å². The number of hydrogen-bond acceptors (Lipinski definition) is 4. The Kier molecular flexibility index (Phi) is 7.13. The molecule has 0 bridgehead atoms. The second-order valence-corrected chi connectivity index (χ2v) is 7.45. The van der Waals surface area contributed by atoms with Gasteiger partial charge < -0.3 is 9.57 Å². The quantitative estimate of drug-likeness (QED) is 0.241. The van der Waals surface area contributed by atoms with Gasteiger partial charge in [0.25, 0.3) is 0 Å². The van der Waals surface area contributed by atoms with Gasteiger partial charge >= 0.3 is 5.97 Å². The van der Waals surface area contributed by atoms with Crippen LogP contribution in [0.1, 0.15) is 27.0 Å². The van der Waals surface area contributed by atoms with Crippen molar-refractivity contribution in [1.29, 1.82) is 0 Å². The van der Waals surface area contributed by atoms with Crippen LogP contribution in [-0.4, -0.2) is 5.97 Å². The van der Waals surface area contributed by atoms with Crippen LogP contribution >= 0.6 is 0 Å². The van der Waals surface area contributed by atoms with E-state index in [2.05, 4.69) is 5.48 Å². The van der Waals surface area contributed by atoms with E-state index in [1.165, 1.54) is 0 Å². The molecule has 0 aliphatic heterocycles. The van der Waals surface area contributed by atoms with Crippen molar-refractivity contribution < 1.29 is 27.5 Å². The molecule has 0 aliphatic carbocycles. The van der Waals surface area contributed by atoms with Crippen molar-refractivity contribution in [2.24, 2.45) is 0 Å². The summed E-state index contributed by atoms with van der Waals surface area (Å²) in [6, 6.07) is 26.0. The number of benzene rings is 4. The van der Waals surface area contributed by atoms with Gasteiger partial charge in [-0.05, 0) is 29.2 Å². The highest BCUT2D eigenvalue weighted by atomic mass is 19.2. The van der Waals surface area contributed by atoms with Crippen molar-refractivity contribution in [2.75, 3.05) is 5.48 Å². The summed E-state index contributed by atoms with van der Waals surface area (Å²) in [5.41, 5.74) is 4.17. The minimum Gasteiger partial charge on any atom is -0.486 e. The van der Waals surface area contributed by atoms with E-state index in [-0.39, 0.29) is 12.2 Å². The zero-order valence-corrected chi connectivity index (χ0v) is 17.9. The lowest BCUT2D eigenvalue weighted by Gasteiger charge is -2.14. The van der Waals surface area contributed by atoms with Crippen LogP contribution in [0.2, 0.25) is 0 Å². The highest BCUT2D eigenvalue weighted by Gasteiger charge is 2.22. The number of anilines is 1. The molecule has 0 radical (unpaired) electrons. The zero-order chi connectivity index (χ0) is 23.9. The number of carbonyl (C=O) groups excluding carboxylic acids is 1. The summed E-state index contributed by atoms with van der Waals surface area (Å²) in [5.74, 6) is -6.07. The van der Waals surface area contributed by atoms with Crippen molar-refractivity contribution >= 4 is 11.7 Å². The molecule has 0 spiro atoms. The lowest BCUT2D eigenvalue weighted by molar-refractivity contribution is 0.0593. The molecule has 4 rings (SSSR count).